The molecule has 0 aliphatic carbocycles. The van der Waals surface area contributed by atoms with E-state index in [2.05, 4.69) is 15.3 Å². The molecule has 1 fully saturated rings. The molecule has 0 unspecified atom stereocenters. The third-order valence-electron chi connectivity index (χ3n) is 5.16. The van der Waals surface area contributed by atoms with E-state index < -0.39 is 17.0 Å². The van der Waals surface area contributed by atoms with E-state index in [1.807, 2.05) is 7.05 Å². The highest BCUT2D eigenvalue weighted by atomic mass is 32.1. The van der Waals surface area contributed by atoms with Crippen LogP contribution in [0.4, 0.5) is 10.2 Å². The number of rotatable bonds is 5. The first-order valence-corrected chi connectivity index (χ1v) is 9.94. The summed E-state index contributed by atoms with van der Waals surface area (Å²) in [6.45, 7) is 2.28. The van der Waals surface area contributed by atoms with E-state index in [0.29, 0.717) is 18.2 Å². The number of pyridine rings is 2. The fraction of sp³-hybridized carbons (Fsp3) is 0.368. The fourth-order valence-corrected chi connectivity index (χ4v) is 4.25. The van der Waals surface area contributed by atoms with Crippen LogP contribution in [0.25, 0.3) is 16.2 Å². The summed E-state index contributed by atoms with van der Waals surface area (Å²) in [4.78, 5) is 35.3. The zero-order valence-corrected chi connectivity index (χ0v) is 17.0. The van der Waals surface area contributed by atoms with Crippen molar-refractivity contribution in [1.29, 1.82) is 0 Å². The predicted molar refractivity (Wildman–Crippen MR) is 109 cm³/mol. The number of nitrogens with zero attached hydrogens (tertiary/aromatic N) is 4. The molecule has 1 N–H and O–H groups in total. The van der Waals surface area contributed by atoms with Gasteiger partial charge in [0, 0.05) is 38.0 Å². The average Bonchev–Trinajstić information content (AvgIpc) is 3.37. The Kier molecular flexibility index (Phi) is 5.15. The van der Waals surface area contributed by atoms with Crippen molar-refractivity contribution in [3.8, 4) is 5.13 Å². The molecule has 0 radical (unpaired) electrons. The molecule has 10 heteroatoms. The van der Waals surface area contributed by atoms with Crippen LogP contribution >= 0.6 is 11.3 Å². The van der Waals surface area contributed by atoms with Crippen molar-refractivity contribution in [1.82, 2.24) is 19.9 Å². The lowest BCUT2D eigenvalue weighted by atomic mass is 10.1. The van der Waals surface area contributed by atoms with Crippen molar-refractivity contribution in [2.75, 3.05) is 32.1 Å². The predicted octanol–water partition coefficient (Wildman–Crippen LogP) is 1.61. The Morgan fingerprint density at radius 2 is 2.21 bits per heavy atom. The first-order valence-electron chi connectivity index (χ1n) is 9.06. The number of likely N-dealkylation sites (N-methyl/N-ethyl adjacent to an activating group) is 1. The van der Waals surface area contributed by atoms with Crippen LogP contribution in [0.1, 0.15) is 17.3 Å². The molecule has 3 aromatic rings. The standard InChI is InChI=1S/C19H20FN5O3S/c1-10(26)12-7-25(19-22-4-5-29-19)17-11(16(12)27)6-13(20)18(23-17)24-8-14(21-2)15(9-24)28-3/h4-7,14-15,21H,8-9H2,1-3H3/t14-,15-/m0/s1. The normalized spacial score (nSPS) is 19.2. The molecule has 3 aromatic heterocycles. The van der Waals surface area contributed by atoms with Crippen molar-refractivity contribution in [3.63, 3.8) is 0 Å². The summed E-state index contributed by atoms with van der Waals surface area (Å²) in [5.41, 5.74) is -0.312. The average molecular weight is 417 g/mol. The van der Waals surface area contributed by atoms with Crippen LogP contribution in [-0.4, -0.2) is 59.7 Å². The number of nitrogens with one attached hydrogen (secondary N) is 1. The van der Waals surface area contributed by atoms with Crippen molar-refractivity contribution < 1.29 is 13.9 Å². The quantitative estimate of drug-likeness (QED) is 0.631. The number of hydrogen-bond acceptors (Lipinski definition) is 8. The van der Waals surface area contributed by atoms with Gasteiger partial charge in [0.05, 0.1) is 23.1 Å². The highest BCUT2D eigenvalue weighted by Crippen LogP contribution is 2.27. The SMILES string of the molecule is CN[C@H]1CN(c2nc3c(cc2F)c(=O)c(C(C)=O)cn3-c2nccs2)C[C@@H]1OC. The van der Waals surface area contributed by atoms with E-state index in [1.165, 1.54) is 24.5 Å². The molecule has 4 rings (SSSR count). The Labute approximate surface area is 170 Å². The molecule has 2 atom stereocenters. The molecule has 0 saturated carbocycles. The number of carbonyl (C=O) groups is 1. The second-order valence-corrected chi connectivity index (χ2v) is 7.73. The topological polar surface area (TPSA) is 89.4 Å². The van der Waals surface area contributed by atoms with E-state index in [0.717, 1.165) is 6.07 Å². The maximum absolute atomic E-state index is 15.0. The number of ether oxygens (including phenoxy) is 1. The van der Waals surface area contributed by atoms with Crippen LogP contribution < -0.4 is 15.6 Å². The zero-order chi connectivity index (χ0) is 20.7. The number of halogens is 1. The lowest BCUT2D eigenvalue weighted by molar-refractivity contribution is 0.0995. The third-order valence-corrected chi connectivity index (χ3v) is 5.93. The van der Waals surface area contributed by atoms with E-state index >= 15 is 4.39 Å². The van der Waals surface area contributed by atoms with Gasteiger partial charge < -0.3 is 15.0 Å². The zero-order valence-electron chi connectivity index (χ0n) is 16.2. The van der Waals surface area contributed by atoms with Crippen LogP contribution in [0.15, 0.2) is 28.6 Å². The highest BCUT2D eigenvalue weighted by molar-refractivity contribution is 7.12. The van der Waals surface area contributed by atoms with Crippen molar-refractivity contribution in [2.24, 2.45) is 0 Å². The second kappa shape index (κ2) is 7.62. The largest absolute Gasteiger partial charge is 0.378 e. The molecular weight excluding hydrogens is 397 g/mol. The molecule has 0 spiro atoms. The van der Waals surface area contributed by atoms with Crippen LogP contribution in [-0.2, 0) is 4.74 Å². The first-order chi connectivity index (χ1) is 13.9. The van der Waals surface area contributed by atoms with Gasteiger partial charge in [-0.1, -0.05) is 0 Å². The molecule has 1 aliphatic rings. The number of thiazole rings is 1. The molecule has 8 nitrogen and oxygen atoms in total. The Bertz CT molecular complexity index is 1120. The molecule has 1 saturated heterocycles. The van der Waals surface area contributed by atoms with Crippen molar-refractivity contribution in [2.45, 2.75) is 19.1 Å². The number of ketones is 1. The fourth-order valence-electron chi connectivity index (χ4n) is 3.63. The van der Waals surface area contributed by atoms with Crippen LogP contribution in [0.5, 0.6) is 0 Å². The summed E-state index contributed by atoms with van der Waals surface area (Å²) in [6.07, 6.45) is 2.93. The molecule has 0 bridgehead atoms. The molecular formula is C19H20FN5O3S. The van der Waals surface area contributed by atoms with E-state index in [9.17, 15) is 9.59 Å². The van der Waals surface area contributed by atoms with E-state index in [-0.39, 0.29) is 34.6 Å². The summed E-state index contributed by atoms with van der Waals surface area (Å²) >= 11 is 1.33. The van der Waals surface area contributed by atoms with Gasteiger partial charge in [-0.3, -0.25) is 14.2 Å². The smallest absolute Gasteiger partial charge is 0.201 e. The van der Waals surface area contributed by atoms with Crippen molar-refractivity contribution in [3.05, 3.63) is 45.4 Å². The van der Waals surface area contributed by atoms with Crippen LogP contribution in [0.3, 0.4) is 0 Å². The minimum atomic E-state index is -0.618. The maximum atomic E-state index is 15.0. The van der Waals surface area contributed by atoms with Gasteiger partial charge in [0.25, 0.3) is 0 Å². The number of carbonyl (C=O) groups excluding carboxylic acids is 1. The third kappa shape index (κ3) is 3.33. The monoisotopic (exact) mass is 417 g/mol. The van der Waals surface area contributed by atoms with Gasteiger partial charge in [-0.25, -0.2) is 14.4 Å². The molecule has 29 heavy (non-hydrogen) atoms. The Hall–Kier alpha value is -2.69. The number of aromatic nitrogens is 3. The van der Waals surface area contributed by atoms with E-state index in [1.54, 1.807) is 28.2 Å². The Morgan fingerprint density at radius 3 is 2.79 bits per heavy atom. The van der Waals surface area contributed by atoms with Gasteiger partial charge in [-0.15, -0.1) is 11.3 Å². The van der Waals surface area contributed by atoms with Crippen molar-refractivity contribution >= 4 is 34.0 Å². The Morgan fingerprint density at radius 1 is 1.41 bits per heavy atom. The van der Waals surface area contributed by atoms with Gasteiger partial charge in [-0.2, -0.15) is 0 Å². The molecule has 0 amide bonds. The minimum Gasteiger partial charge on any atom is -0.378 e. The maximum Gasteiger partial charge on any atom is 0.201 e. The van der Waals surface area contributed by atoms with Gasteiger partial charge in [0.15, 0.2) is 28.2 Å². The number of methoxy groups -OCH3 is 1. The lowest BCUT2D eigenvalue weighted by Crippen LogP contribution is -2.37. The summed E-state index contributed by atoms with van der Waals surface area (Å²) in [5.74, 6) is -0.879. The van der Waals surface area contributed by atoms with Gasteiger partial charge in [0.1, 0.15) is 0 Å². The summed E-state index contributed by atoms with van der Waals surface area (Å²) in [6, 6.07) is 1.18. The van der Waals surface area contributed by atoms with E-state index in [4.69, 9.17) is 4.74 Å². The van der Waals surface area contributed by atoms with Gasteiger partial charge in [0.2, 0.25) is 5.43 Å². The summed E-state index contributed by atoms with van der Waals surface area (Å²) in [5, 5.41) is 5.52. The number of hydrogen-bond donors (Lipinski definition) is 1. The highest BCUT2D eigenvalue weighted by Gasteiger charge is 2.34. The van der Waals surface area contributed by atoms with Gasteiger partial charge in [-0.05, 0) is 20.0 Å². The Balaban J connectivity index is 1.93. The molecule has 0 aromatic carbocycles. The molecule has 152 valence electrons. The van der Waals surface area contributed by atoms with Gasteiger partial charge >= 0.3 is 0 Å². The molecule has 1 aliphatic heterocycles. The lowest BCUT2D eigenvalue weighted by Gasteiger charge is -2.19. The number of fused-ring (bicyclic) bond motifs is 1. The summed E-state index contributed by atoms with van der Waals surface area (Å²) in [7, 11) is 3.44. The number of Topliss-reactive ketones (excluding diaryl/α,β-unsaturated/α-hetero) is 1. The second-order valence-electron chi connectivity index (χ2n) is 6.85. The first kappa shape index (κ1) is 19.6. The summed E-state index contributed by atoms with van der Waals surface area (Å²) < 4.78 is 22.1. The number of anilines is 1. The molecule has 4 heterocycles. The van der Waals surface area contributed by atoms with Crippen LogP contribution in [0.2, 0.25) is 0 Å². The van der Waals surface area contributed by atoms with Crippen LogP contribution in [0, 0.1) is 5.82 Å². The minimum absolute atomic E-state index is 0.0261.